The lowest BCUT2D eigenvalue weighted by Gasteiger charge is -2.16. The predicted molar refractivity (Wildman–Crippen MR) is 117 cm³/mol. The number of aliphatic imine (C=N–C) groups is 1. The molecule has 0 spiro atoms. The SMILES string of the molecule is C(/C=C/c1ccccc1)=C\C1=NCCc2cc(OCc3ccccc3)ccc21. The Morgan fingerprint density at radius 3 is 2.39 bits per heavy atom. The van der Waals surface area contributed by atoms with Crippen LogP contribution in [0, 0.1) is 0 Å². The molecule has 0 unspecified atom stereocenters. The molecule has 0 saturated heterocycles. The molecule has 0 fully saturated rings. The Hall–Kier alpha value is -3.39. The molecule has 0 radical (unpaired) electrons. The van der Waals surface area contributed by atoms with E-state index in [9.17, 15) is 0 Å². The minimum atomic E-state index is 0.588. The van der Waals surface area contributed by atoms with Gasteiger partial charge in [-0.2, -0.15) is 0 Å². The maximum Gasteiger partial charge on any atom is 0.120 e. The molecule has 0 saturated carbocycles. The summed E-state index contributed by atoms with van der Waals surface area (Å²) in [5, 5.41) is 0. The monoisotopic (exact) mass is 365 g/mol. The Bertz CT molecular complexity index is 1000. The molecule has 0 atom stereocenters. The highest BCUT2D eigenvalue weighted by atomic mass is 16.5. The standard InChI is InChI=1S/C26H23NO/c1-3-9-21(10-4-1)11-7-8-14-26-25-16-15-24(19-23(25)17-18-27-26)28-20-22-12-5-2-6-13-22/h1-16,19H,17-18,20H2/b11-7+,14-8+. The molecule has 0 N–H and O–H groups in total. The van der Waals surface area contributed by atoms with E-state index >= 15 is 0 Å². The molecule has 138 valence electrons. The second kappa shape index (κ2) is 9.01. The number of benzene rings is 3. The molecule has 1 heterocycles. The van der Waals surface area contributed by atoms with Crippen molar-refractivity contribution < 1.29 is 4.74 Å². The van der Waals surface area contributed by atoms with E-state index < -0.39 is 0 Å². The normalized spacial score (nSPS) is 13.5. The van der Waals surface area contributed by atoms with Crippen molar-refractivity contribution in [2.45, 2.75) is 13.0 Å². The summed E-state index contributed by atoms with van der Waals surface area (Å²) in [5.41, 5.74) is 5.90. The van der Waals surface area contributed by atoms with Gasteiger partial charge in [0.05, 0.1) is 5.71 Å². The van der Waals surface area contributed by atoms with Gasteiger partial charge in [-0.25, -0.2) is 0 Å². The van der Waals surface area contributed by atoms with Gasteiger partial charge >= 0.3 is 0 Å². The van der Waals surface area contributed by atoms with Crippen LogP contribution in [0.5, 0.6) is 5.75 Å². The fraction of sp³-hybridized carbons (Fsp3) is 0.115. The highest BCUT2D eigenvalue weighted by Gasteiger charge is 2.12. The predicted octanol–water partition coefficient (Wildman–Crippen LogP) is 5.88. The molecular weight excluding hydrogens is 342 g/mol. The highest BCUT2D eigenvalue weighted by molar-refractivity contribution is 6.10. The van der Waals surface area contributed by atoms with Crippen molar-refractivity contribution in [2.75, 3.05) is 6.54 Å². The summed E-state index contributed by atoms with van der Waals surface area (Å²) in [6, 6.07) is 26.9. The van der Waals surface area contributed by atoms with E-state index in [0.29, 0.717) is 6.61 Å². The van der Waals surface area contributed by atoms with Crippen LogP contribution >= 0.6 is 0 Å². The van der Waals surface area contributed by atoms with Crippen LogP contribution in [0.4, 0.5) is 0 Å². The number of fused-ring (bicyclic) bond motifs is 1. The van der Waals surface area contributed by atoms with Crippen molar-refractivity contribution in [3.8, 4) is 5.75 Å². The molecule has 0 amide bonds. The molecule has 0 aromatic heterocycles. The maximum absolute atomic E-state index is 5.97. The summed E-state index contributed by atoms with van der Waals surface area (Å²) in [4.78, 5) is 4.69. The first-order valence-corrected chi connectivity index (χ1v) is 9.63. The quantitative estimate of drug-likeness (QED) is 0.500. The van der Waals surface area contributed by atoms with Crippen LogP contribution in [-0.2, 0) is 13.0 Å². The number of ether oxygens (including phenoxy) is 1. The molecule has 2 heteroatoms. The van der Waals surface area contributed by atoms with Gasteiger partial charge in [0, 0.05) is 12.1 Å². The van der Waals surface area contributed by atoms with Crippen LogP contribution in [0.15, 0.2) is 102 Å². The van der Waals surface area contributed by atoms with Gasteiger partial charge in [0.25, 0.3) is 0 Å². The van der Waals surface area contributed by atoms with Crippen molar-refractivity contribution in [3.63, 3.8) is 0 Å². The average molecular weight is 365 g/mol. The fourth-order valence-corrected chi connectivity index (χ4v) is 3.26. The lowest BCUT2D eigenvalue weighted by atomic mass is 9.97. The van der Waals surface area contributed by atoms with Gasteiger partial charge in [-0.3, -0.25) is 4.99 Å². The Balaban J connectivity index is 1.43. The summed E-state index contributed by atoms with van der Waals surface area (Å²) in [5.74, 6) is 0.914. The summed E-state index contributed by atoms with van der Waals surface area (Å²) in [6.45, 7) is 1.40. The van der Waals surface area contributed by atoms with Crippen LogP contribution in [0.1, 0.15) is 22.3 Å². The molecule has 1 aliphatic rings. The number of nitrogens with zero attached hydrogens (tertiary/aromatic N) is 1. The summed E-state index contributed by atoms with van der Waals surface area (Å²) < 4.78 is 5.97. The molecule has 3 aromatic carbocycles. The Morgan fingerprint density at radius 1 is 0.821 bits per heavy atom. The molecular formula is C26H23NO. The lowest BCUT2D eigenvalue weighted by Crippen LogP contribution is -2.11. The minimum Gasteiger partial charge on any atom is -0.489 e. The van der Waals surface area contributed by atoms with Crippen LogP contribution in [0.3, 0.4) is 0 Å². The van der Waals surface area contributed by atoms with Crippen LogP contribution in [0.25, 0.3) is 6.08 Å². The average Bonchev–Trinajstić information content (AvgIpc) is 2.76. The van der Waals surface area contributed by atoms with E-state index in [0.717, 1.165) is 24.4 Å². The van der Waals surface area contributed by atoms with Crippen molar-refractivity contribution >= 4 is 11.8 Å². The molecule has 0 aliphatic carbocycles. The maximum atomic E-state index is 5.97. The number of rotatable bonds is 6. The molecule has 28 heavy (non-hydrogen) atoms. The number of hydrogen-bond acceptors (Lipinski definition) is 2. The van der Waals surface area contributed by atoms with Gasteiger partial charge < -0.3 is 4.74 Å². The van der Waals surface area contributed by atoms with Crippen molar-refractivity contribution in [3.05, 3.63) is 119 Å². The van der Waals surface area contributed by atoms with Crippen LogP contribution < -0.4 is 4.74 Å². The number of allylic oxidation sites excluding steroid dienone is 3. The highest BCUT2D eigenvalue weighted by Crippen LogP contribution is 2.23. The third-order valence-electron chi connectivity index (χ3n) is 4.72. The molecule has 3 aromatic rings. The van der Waals surface area contributed by atoms with E-state index in [2.05, 4.69) is 60.7 Å². The Morgan fingerprint density at radius 2 is 1.57 bits per heavy atom. The van der Waals surface area contributed by atoms with E-state index in [-0.39, 0.29) is 0 Å². The number of hydrogen-bond donors (Lipinski definition) is 0. The molecule has 4 rings (SSSR count). The van der Waals surface area contributed by atoms with Crippen molar-refractivity contribution in [2.24, 2.45) is 4.99 Å². The van der Waals surface area contributed by atoms with E-state index in [4.69, 9.17) is 9.73 Å². The largest absolute Gasteiger partial charge is 0.489 e. The summed E-state index contributed by atoms with van der Waals surface area (Å²) in [6.07, 6.45) is 9.25. The Kier molecular flexibility index (Phi) is 5.79. The minimum absolute atomic E-state index is 0.588. The second-order valence-electron chi connectivity index (χ2n) is 6.74. The van der Waals surface area contributed by atoms with Gasteiger partial charge in [0.15, 0.2) is 0 Å². The smallest absolute Gasteiger partial charge is 0.120 e. The zero-order chi connectivity index (χ0) is 19.0. The summed E-state index contributed by atoms with van der Waals surface area (Å²) in [7, 11) is 0. The first-order valence-electron chi connectivity index (χ1n) is 9.63. The molecule has 2 nitrogen and oxygen atoms in total. The molecule has 0 bridgehead atoms. The zero-order valence-corrected chi connectivity index (χ0v) is 15.8. The van der Waals surface area contributed by atoms with Gasteiger partial charge in [-0.15, -0.1) is 0 Å². The molecule has 1 aliphatic heterocycles. The van der Waals surface area contributed by atoms with E-state index in [1.165, 1.54) is 22.3 Å². The summed E-state index contributed by atoms with van der Waals surface area (Å²) >= 11 is 0. The lowest BCUT2D eigenvalue weighted by molar-refractivity contribution is 0.306. The van der Waals surface area contributed by atoms with Gasteiger partial charge in [-0.1, -0.05) is 78.9 Å². The van der Waals surface area contributed by atoms with Gasteiger partial charge in [0.1, 0.15) is 12.4 Å². The second-order valence-corrected chi connectivity index (χ2v) is 6.74. The third kappa shape index (κ3) is 4.66. The first kappa shape index (κ1) is 18.0. The Labute approximate surface area is 166 Å². The van der Waals surface area contributed by atoms with Crippen LogP contribution in [-0.4, -0.2) is 12.3 Å². The van der Waals surface area contributed by atoms with Crippen LogP contribution in [0.2, 0.25) is 0 Å². The first-order chi connectivity index (χ1) is 13.9. The van der Waals surface area contributed by atoms with Crippen molar-refractivity contribution in [1.29, 1.82) is 0 Å². The fourth-order valence-electron chi connectivity index (χ4n) is 3.26. The van der Waals surface area contributed by atoms with Gasteiger partial charge in [0.2, 0.25) is 0 Å². The third-order valence-corrected chi connectivity index (χ3v) is 4.72. The topological polar surface area (TPSA) is 21.6 Å². The van der Waals surface area contributed by atoms with Gasteiger partial charge in [-0.05, 0) is 47.4 Å². The zero-order valence-electron chi connectivity index (χ0n) is 15.8. The van der Waals surface area contributed by atoms with E-state index in [1.807, 2.05) is 42.5 Å². The van der Waals surface area contributed by atoms with Crippen molar-refractivity contribution in [1.82, 2.24) is 0 Å². The van der Waals surface area contributed by atoms with E-state index in [1.54, 1.807) is 0 Å².